The molecular weight excluding hydrogens is 415 g/mol. The van der Waals surface area contributed by atoms with Crippen LogP contribution < -0.4 is 0 Å². The van der Waals surface area contributed by atoms with Gasteiger partial charge in [-0.1, -0.05) is 55.1 Å². The van der Waals surface area contributed by atoms with Crippen molar-refractivity contribution in [2.75, 3.05) is 26.3 Å². The molecule has 2 aliphatic heterocycles. The molecule has 1 saturated heterocycles. The van der Waals surface area contributed by atoms with Crippen molar-refractivity contribution >= 4 is 28.8 Å². The fourth-order valence-corrected chi connectivity index (χ4v) is 3.70. The van der Waals surface area contributed by atoms with E-state index in [2.05, 4.69) is 18.1 Å². The van der Waals surface area contributed by atoms with Crippen LogP contribution in [-0.2, 0) is 9.53 Å². The van der Waals surface area contributed by atoms with E-state index < -0.39 is 11.6 Å². The molecule has 2 aliphatic rings. The van der Waals surface area contributed by atoms with Crippen molar-refractivity contribution in [1.82, 2.24) is 9.80 Å². The summed E-state index contributed by atoms with van der Waals surface area (Å²) in [4.78, 5) is 16.5. The molecule has 4 nitrogen and oxygen atoms in total. The molecule has 0 N–H and O–H groups in total. The highest BCUT2D eigenvalue weighted by atomic mass is 35.5. The van der Waals surface area contributed by atoms with Crippen molar-refractivity contribution in [3.05, 3.63) is 83.2 Å². The van der Waals surface area contributed by atoms with E-state index >= 15 is 0 Å². The number of ether oxygens (including phenoxy) is 1. The first-order valence-electron chi connectivity index (χ1n) is 10.2. The van der Waals surface area contributed by atoms with E-state index in [1.54, 1.807) is 12.3 Å². The number of rotatable bonds is 5. The van der Waals surface area contributed by atoms with Gasteiger partial charge in [-0.15, -0.1) is 0 Å². The molecule has 0 bridgehead atoms. The monoisotopic (exact) mass is 442 g/mol. The summed E-state index contributed by atoms with van der Waals surface area (Å²) in [6.45, 7) is 15.6. The second-order valence-electron chi connectivity index (χ2n) is 8.08. The first-order chi connectivity index (χ1) is 14.6. The standard InChI is InChI=1S/C25H28ClFN2O2/c1-17(25(4,5)27)23(26)24(30)29-12-6-7-22(19(29)3)21-10-8-20(9-11-21)18(2)28-13-15-31-16-14-28/h6-12H,2-3,13-16H2,1,4-5H3/b23-17-. The van der Waals surface area contributed by atoms with Crippen molar-refractivity contribution < 1.29 is 13.9 Å². The molecule has 0 aliphatic carbocycles. The largest absolute Gasteiger partial charge is 0.378 e. The Morgan fingerprint density at radius 3 is 2.39 bits per heavy atom. The van der Waals surface area contributed by atoms with Crippen molar-refractivity contribution in [1.29, 1.82) is 0 Å². The molecule has 1 aromatic carbocycles. The van der Waals surface area contributed by atoms with E-state index in [-0.39, 0.29) is 10.6 Å². The van der Waals surface area contributed by atoms with Crippen LogP contribution in [0.2, 0.25) is 0 Å². The average molecular weight is 443 g/mol. The zero-order chi connectivity index (χ0) is 22.8. The average Bonchev–Trinajstić information content (AvgIpc) is 2.77. The zero-order valence-corrected chi connectivity index (χ0v) is 19.0. The van der Waals surface area contributed by atoms with Crippen molar-refractivity contribution in [2.45, 2.75) is 26.4 Å². The van der Waals surface area contributed by atoms with Crippen LogP contribution in [0.3, 0.4) is 0 Å². The first-order valence-corrected chi connectivity index (χ1v) is 10.6. The highest BCUT2D eigenvalue weighted by Gasteiger charge is 2.29. The maximum absolute atomic E-state index is 14.3. The van der Waals surface area contributed by atoms with Gasteiger partial charge in [0.1, 0.15) is 10.7 Å². The third kappa shape index (κ3) is 5.00. The lowest BCUT2D eigenvalue weighted by molar-refractivity contribution is -0.122. The third-order valence-corrected chi connectivity index (χ3v) is 6.09. The van der Waals surface area contributed by atoms with E-state index in [1.165, 1.54) is 25.7 Å². The quantitative estimate of drug-likeness (QED) is 0.564. The van der Waals surface area contributed by atoms with Crippen LogP contribution >= 0.6 is 11.6 Å². The summed E-state index contributed by atoms with van der Waals surface area (Å²) in [6.07, 6.45) is 5.23. The molecule has 0 radical (unpaired) electrons. The van der Waals surface area contributed by atoms with Gasteiger partial charge in [-0.05, 0) is 43.5 Å². The number of amides is 1. The smallest absolute Gasteiger partial charge is 0.273 e. The Balaban J connectivity index is 1.79. The molecule has 0 unspecified atom stereocenters. The molecule has 0 aromatic heterocycles. The minimum Gasteiger partial charge on any atom is -0.378 e. The summed E-state index contributed by atoms with van der Waals surface area (Å²) in [6, 6.07) is 7.98. The molecule has 3 rings (SSSR count). The van der Waals surface area contributed by atoms with E-state index in [9.17, 15) is 9.18 Å². The highest BCUT2D eigenvalue weighted by Crippen LogP contribution is 2.33. The maximum Gasteiger partial charge on any atom is 0.273 e. The molecule has 31 heavy (non-hydrogen) atoms. The number of halogens is 2. The van der Waals surface area contributed by atoms with Gasteiger partial charge in [0.25, 0.3) is 5.91 Å². The van der Waals surface area contributed by atoms with Gasteiger partial charge in [0.05, 0.1) is 13.2 Å². The van der Waals surface area contributed by atoms with Crippen LogP contribution in [0.4, 0.5) is 4.39 Å². The topological polar surface area (TPSA) is 32.8 Å². The second kappa shape index (κ2) is 9.25. The molecule has 6 heteroatoms. The molecule has 0 saturated carbocycles. The number of morpholine rings is 1. The predicted molar refractivity (Wildman–Crippen MR) is 125 cm³/mol. The van der Waals surface area contributed by atoms with Gasteiger partial charge in [-0.3, -0.25) is 9.69 Å². The van der Waals surface area contributed by atoms with Crippen LogP contribution in [0.25, 0.3) is 11.3 Å². The molecule has 1 fully saturated rings. The lowest BCUT2D eigenvalue weighted by atomic mass is 9.97. The van der Waals surface area contributed by atoms with E-state index in [4.69, 9.17) is 16.3 Å². The normalized spacial score (nSPS) is 18.0. The van der Waals surface area contributed by atoms with Gasteiger partial charge in [-0.25, -0.2) is 4.39 Å². The zero-order valence-electron chi connectivity index (χ0n) is 18.3. The van der Waals surface area contributed by atoms with Crippen molar-refractivity contribution in [2.24, 2.45) is 0 Å². The summed E-state index contributed by atoms with van der Waals surface area (Å²) < 4.78 is 19.7. The number of hydrogen-bond acceptors (Lipinski definition) is 3. The van der Waals surface area contributed by atoms with Gasteiger partial charge in [0.15, 0.2) is 0 Å². The van der Waals surface area contributed by atoms with Gasteiger partial charge >= 0.3 is 0 Å². The number of nitrogens with zero attached hydrogens (tertiary/aromatic N) is 2. The third-order valence-electron chi connectivity index (χ3n) is 5.65. The summed E-state index contributed by atoms with van der Waals surface area (Å²) in [5.74, 6) is -0.506. The van der Waals surface area contributed by atoms with Crippen LogP contribution in [0, 0.1) is 0 Å². The molecule has 2 heterocycles. The molecule has 164 valence electrons. The Kier molecular flexibility index (Phi) is 6.87. The van der Waals surface area contributed by atoms with Gasteiger partial charge in [-0.2, -0.15) is 0 Å². The number of carbonyl (C=O) groups is 1. The molecule has 0 atom stereocenters. The minimum atomic E-state index is -1.69. The second-order valence-corrected chi connectivity index (χ2v) is 8.46. The van der Waals surface area contributed by atoms with Gasteiger partial charge in [0, 0.05) is 36.3 Å². The van der Waals surface area contributed by atoms with Crippen LogP contribution in [-0.4, -0.2) is 47.7 Å². The maximum atomic E-state index is 14.3. The number of alkyl halides is 1. The summed E-state index contributed by atoms with van der Waals surface area (Å²) in [5, 5.41) is -0.142. The van der Waals surface area contributed by atoms with Crippen molar-refractivity contribution in [3.63, 3.8) is 0 Å². The molecule has 0 spiro atoms. The molecular formula is C25H28ClFN2O2. The lowest BCUT2D eigenvalue weighted by Gasteiger charge is -2.30. The Labute approximate surface area is 188 Å². The number of hydrogen-bond donors (Lipinski definition) is 0. The van der Waals surface area contributed by atoms with Crippen molar-refractivity contribution in [3.8, 4) is 0 Å². The fourth-order valence-electron chi connectivity index (χ4n) is 3.38. The van der Waals surface area contributed by atoms with Crippen LogP contribution in [0.1, 0.15) is 31.9 Å². The highest BCUT2D eigenvalue weighted by molar-refractivity contribution is 6.42. The Bertz CT molecular complexity index is 978. The summed E-state index contributed by atoms with van der Waals surface area (Å²) >= 11 is 6.22. The van der Waals surface area contributed by atoms with Crippen LogP contribution in [0.15, 0.2) is 72.1 Å². The lowest BCUT2D eigenvalue weighted by Crippen LogP contribution is -2.34. The Hall–Kier alpha value is -2.63. The number of carbonyl (C=O) groups excluding carboxylic acids is 1. The summed E-state index contributed by atoms with van der Waals surface area (Å²) in [5.41, 5.74) is 2.67. The minimum absolute atomic E-state index is 0.142. The van der Waals surface area contributed by atoms with E-state index in [0.29, 0.717) is 18.9 Å². The Morgan fingerprint density at radius 1 is 1.19 bits per heavy atom. The van der Waals surface area contributed by atoms with Gasteiger partial charge in [0.2, 0.25) is 0 Å². The fraction of sp³-hybridized carbons (Fsp3) is 0.320. The first kappa shape index (κ1) is 23.0. The summed E-state index contributed by atoms with van der Waals surface area (Å²) in [7, 11) is 0. The van der Waals surface area contributed by atoms with Gasteiger partial charge < -0.3 is 9.64 Å². The van der Waals surface area contributed by atoms with Crippen LogP contribution in [0.5, 0.6) is 0 Å². The molecule has 1 amide bonds. The van der Waals surface area contributed by atoms with E-state index in [0.717, 1.165) is 35.5 Å². The predicted octanol–water partition coefficient (Wildman–Crippen LogP) is 5.50. The number of allylic oxidation sites excluding steroid dienone is 4. The SMILES string of the molecule is C=C(c1ccc(C2=CC=CN(C(=O)/C(Cl)=C(\C)C(C)(C)F)C2=C)cc1)N1CCOCC1. The molecule has 1 aromatic rings. The van der Waals surface area contributed by atoms with E-state index in [1.807, 2.05) is 30.3 Å². The Morgan fingerprint density at radius 2 is 1.81 bits per heavy atom. The number of benzene rings is 1.